The van der Waals surface area contributed by atoms with Gasteiger partial charge < -0.3 is 4.42 Å². The zero-order valence-electron chi connectivity index (χ0n) is 23.8. The van der Waals surface area contributed by atoms with Gasteiger partial charge in [0.2, 0.25) is 5.69 Å². The minimum absolute atomic E-state index is 0.149. The molecule has 0 radical (unpaired) electrons. The van der Waals surface area contributed by atoms with E-state index in [2.05, 4.69) is 115 Å². The molecular formula is C35H40NO+. The normalized spacial score (nSPS) is 16.7. The maximum atomic E-state index is 6.80. The molecule has 0 N–H and O–H groups in total. The van der Waals surface area contributed by atoms with Crippen LogP contribution in [0.25, 0.3) is 44.0 Å². The van der Waals surface area contributed by atoms with Crippen LogP contribution in [0.3, 0.4) is 0 Å². The fourth-order valence-corrected chi connectivity index (χ4v) is 6.71. The van der Waals surface area contributed by atoms with Crippen LogP contribution < -0.4 is 4.57 Å². The van der Waals surface area contributed by atoms with Crippen molar-refractivity contribution < 1.29 is 8.98 Å². The first-order chi connectivity index (χ1) is 17.5. The molecule has 2 aromatic heterocycles. The van der Waals surface area contributed by atoms with Gasteiger partial charge in [0.05, 0.1) is 5.56 Å². The fourth-order valence-electron chi connectivity index (χ4n) is 6.71. The number of hydrogen-bond donors (Lipinski definition) is 0. The van der Waals surface area contributed by atoms with Crippen molar-refractivity contribution >= 4 is 32.7 Å². The van der Waals surface area contributed by atoms with Gasteiger partial charge in [-0.25, -0.2) is 4.57 Å². The highest BCUT2D eigenvalue weighted by Crippen LogP contribution is 2.49. The highest BCUT2D eigenvalue weighted by atomic mass is 16.3. The van der Waals surface area contributed by atoms with Gasteiger partial charge in [-0.3, -0.25) is 0 Å². The Kier molecular flexibility index (Phi) is 5.36. The van der Waals surface area contributed by atoms with E-state index in [1.165, 1.54) is 67.9 Å². The quantitative estimate of drug-likeness (QED) is 0.230. The molecule has 0 atom stereocenters. The van der Waals surface area contributed by atoms with Crippen LogP contribution in [-0.4, -0.2) is 0 Å². The SMILES string of the molecule is Cc1ccc2c(oc3cc4c5c(ccc4cc32)C(C)(C)CCC5(C)C)c1-c1cc(CC(C)C)cc[n+]1C. The summed E-state index contributed by atoms with van der Waals surface area (Å²) < 4.78 is 9.03. The number of rotatable bonds is 3. The predicted octanol–water partition coefficient (Wildman–Crippen LogP) is 9.09. The molecule has 0 saturated heterocycles. The number of aryl methyl sites for hydroxylation is 2. The number of aromatic nitrogens is 1. The van der Waals surface area contributed by atoms with Crippen molar-refractivity contribution in [1.82, 2.24) is 0 Å². The molecule has 2 nitrogen and oxygen atoms in total. The lowest BCUT2D eigenvalue weighted by Crippen LogP contribution is -2.34. The molecule has 6 rings (SSSR count). The molecular weight excluding hydrogens is 450 g/mol. The topological polar surface area (TPSA) is 17.0 Å². The maximum absolute atomic E-state index is 6.80. The molecule has 5 aromatic rings. The van der Waals surface area contributed by atoms with Gasteiger partial charge in [0.15, 0.2) is 6.20 Å². The molecule has 1 aliphatic rings. The molecule has 0 bridgehead atoms. The number of benzene rings is 3. The third kappa shape index (κ3) is 3.79. The lowest BCUT2D eigenvalue weighted by Gasteiger charge is -2.42. The average Bonchev–Trinajstić information content (AvgIpc) is 3.18. The van der Waals surface area contributed by atoms with Crippen LogP contribution in [0.15, 0.2) is 59.1 Å². The fraction of sp³-hybridized carbons (Fsp3) is 0.400. The Bertz CT molecular complexity index is 1700. The lowest BCUT2D eigenvalue weighted by molar-refractivity contribution is -0.660. The molecule has 190 valence electrons. The van der Waals surface area contributed by atoms with Gasteiger partial charge in [0.1, 0.15) is 18.2 Å². The number of nitrogens with zero attached hydrogens (tertiary/aromatic N) is 1. The van der Waals surface area contributed by atoms with Gasteiger partial charge in [-0.15, -0.1) is 0 Å². The third-order valence-electron chi connectivity index (χ3n) is 8.88. The molecule has 0 fully saturated rings. The summed E-state index contributed by atoms with van der Waals surface area (Å²) in [7, 11) is 2.14. The Hall–Kier alpha value is -3.13. The first-order valence-electron chi connectivity index (χ1n) is 13.9. The summed E-state index contributed by atoms with van der Waals surface area (Å²) in [5.41, 5.74) is 10.4. The smallest absolute Gasteiger partial charge is 0.216 e. The molecule has 37 heavy (non-hydrogen) atoms. The van der Waals surface area contributed by atoms with Crippen LogP contribution in [0.1, 0.15) is 76.6 Å². The Morgan fingerprint density at radius 3 is 2.38 bits per heavy atom. The molecule has 0 spiro atoms. The minimum Gasteiger partial charge on any atom is -0.455 e. The van der Waals surface area contributed by atoms with E-state index in [-0.39, 0.29) is 10.8 Å². The molecule has 0 saturated carbocycles. The van der Waals surface area contributed by atoms with E-state index in [0.29, 0.717) is 5.92 Å². The second-order valence-electron chi connectivity index (χ2n) is 13.2. The van der Waals surface area contributed by atoms with Crippen LogP contribution >= 0.6 is 0 Å². The van der Waals surface area contributed by atoms with E-state index in [1.54, 1.807) is 0 Å². The van der Waals surface area contributed by atoms with Gasteiger partial charge in [0, 0.05) is 22.9 Å². The van der Waals surface area contributed by atoms with Gasteiger partial charge in [-0.1, -0.05) is 65.8 Å². The van der Waals surface area contributed by atoms with Crippen molar-refractivity contribution in [3.63, 3.8) is 0 Å². The number of hydrogen-bond acceptors (Lipinski definition) is 1. The first kappa shape index (κ1) is 24.2. The van der Waals surface area contributed by atoms with E-state index in [9.17, 15) is 0 Å². The third-order valence-corrected chi connectivity index (χ3v) is 8.88. The zero-order chi connectivity index (χ0) is 26.3. The summed E-state index contributed by atoms with van der Waals surface area (Å²) in [6, 6.07) is 18.5. The van der Waals surface area contributed by atoms with Crippen molar-refractivity contribution in [2.45, 2.75) is 78.6 Å². The summed E-state index contributed by atoms with van der Waals surface area (Å²) in [6.45, 7) is 16.4. The number of furan rings is 1. The predicted molar refractivity (Wildman–Crippen MR) is 156 cm³/mol. The highest BCUT2D eigenvalue weighted by molar-refractivity contribution is 6.13. The van der Waals surface area contributed by atoms with Gasteiger partial charge in [-0.2, -0.15) is 0 Å². The Morgan fingerprint density at radius 1 is 0.865 bits per heavy atom. The second kappa shape index (κ2) is 8.18. The van der Waals surface area contributed by atoms with E-state index >= 15 is 0 Å². The maximum Gasteiger partial charge on any atom is 0.216 e. The molecule has 1 aliphatic carbocycles. The van der Waals surface area contributed by atoms with Crippen LogP contribution in [0.5, 0.6) is 0 Å². The zero-order valence-corrected chi connectivity index (χ0v) is 23.8. The molecule has 3 aromatic carbocycles. The lowest BCUT2D eigenvalue weighted by atomic mass is 9.62. The summed E-state index contributed by atoms with van der Waals surface area (Å²) in [5, 5.41) is 5.07. The first-order valence-corrected chi connectivity index (χ1v) is 13.9. The van der Waals surface area contributed by atoms with Gasteiger partial charge in [-0.05, 0) is 88.1 Å². The number of pyridine rings is 1. The van der Waals surface area contributed by atoms with Crippen molar-refractivity contribution in [1.29, 1.82) is 0 Å². The van der Waals surface area contributed by atoms with Gasteiger partial charge in [0.25, 0.3) is 0 Å². The highest BCUT2D eigenvalue weighted by Gasteiger charge is 2.38. The molecule has 2 heteroatoms. The van der Waals surface area contributed by atoms with Crippen LogP contribution in [0, 0.1) is 12.8 Å². The molecule has 0 unspecified atom stereocenters. The summed E-state index contributed by atoms with van der Waals surface area (Å²) in [6.07, 6.45) is 5.70. The standard InChI is InChI=1S/C35H40NO/c1-21(2)17-23-13-16-36(8)29(18-23)31-22(3)9-11-25-27-19-24-10-12-28-32(26(24)20-30(27)37-33(25)31)35(6,7)15-14-34(28,4)5/h9-13,16,18-21H,14-15,17H2,1-8H3/q+1. The van der Waals surface area contributed by atoms with Crippen LogP contribution in [-0.2, 0) is 24.3 Å². The van der Waals surface area contributed by atoms with Crippen molar-refractivity contribution in [3.8, 4) is 11.3 Å². The van der Waals surface area contributed by atoms with E-state index < -0.39 is 0 Å². The van der Waals surface area contributed by atoms with Crippen LogP contribution in [0.2, 0.25) is 0 Å². The Morgan fingerprint density at radius 2 is 1.62 bits per heavy atom. The largest absolute Gasteiger partial charge is 0.455 e. The molecule has 0 amide bonds. The average molecular weight is 491 g/mol. The minimum atomic E-state index is 0.149. The summed E-state index contributed by atoms with van der Waals surface area (Å²) >= 11 is 0. The van der Waals surface area contributed by atoms with E-state index in [4.69, 9.17) is 4.42 Å². The summed E-state index contributed by atoms with van der Waals surface area (Å²) in [5.74, 6) is 0.622. The van der Waals surface area contributed by atoms with Crippen molar-refractivity contribution in [2.75, 3.05) is 0 Å². The Labute approximate surface area is 221 Å². The monoisotopic (exact) mass is 490 g/mol. The van der Waals surface area contributed by atoms with E-state index in [1.807, 2.05) is 0 Å². The Balaban J connectivity index is 1.65. The van der Waals surface area contributed by atoms with Crippen molar-refractivity contribution in [2.24, 2.45) is 13.0 Å². The second-order valence-corrected chi connectivity index (χ2v) is 13.2. The molecule has 2 heterocycles. The van der Waals surface area contributed by atoms with E-state index in [0.717, 1.165) is 17.6 Å². The van der Waals surface area contributed by atoms with Crippen molar-refractivity contribution in [3.05, 3.63) is 77.0 Å². The molecule has 0 aliphatic heterocycles. The van der Waals surface area contributed by atoms with Gasteiger partial charge >= 0.3 is 0 Å². The number of fused-ring (bicyclic) bond motifs is 6. The summed E-state index contributed by atoms with van der Waals surface area (Å²) in [4.78, 5) is 0. The van der Waals surface area contributed by atoms with Crippen LogP contribution in [0.4, 0.5) is 0 Å².